The summed E-state index contributed by atoms with van der Waals surface area (Å²) in [4.78, 5) is 12.1. The molecule has 2 saturated carbocycles. The predicted octanol–water partition coefficient (Wildman–Crippen LogP) is 3.44. The van der Waals surface area contributed by atoms with E-state index in [9.17, 15) is 13.7 Å². The lowest BCUT2D eigenvalue weighted by molar-refractivity contribution is -0.145. The fourth-order valence-corrected chi connectivity index (χ4v) is 4.20. The number of hydrogen-bond acceptors (Lipinski definition) is 5. The standard InChI is InChI=1S/C20H26FNO4S/c1-5-25-19(23)17-14-10-15(26-11-12-6-8-13(21)9-7-12)18(16(14)17)22-27(24)20(2,3)4/h6-9,14-17H,5,10-11H2,1-4H3/t14-,15-,16+,17+,27?/m1/s1. The molecule has 5 atom stereocenters. The van der Waals surface area contributed by atoms with Crippen LogP contribution in [0.5, 0.6) is 0 Å². The van der Waals surface area contributed by atoms with Crippen molar-refractivity contribution < 1.29 is 23.2 Å². The third-order valence-corrected chi connectivity index (χ3v) is 6.39. The van der Waals surface area contributed by atoms with Gasteiger partial charge in [-0.1, -0.05) is 16.5 Å². The Balaban J connectivity index is 1.73. The Morgan fingerprint density at radius 2 is 2.00 bits per heavy atom. The SMILES string of the molecule is CCOC(=O)[C@H]1[C@@H]2C[C@@H](OCc3ccc(F)cc3)C(=N[S+]([O-])C(C)(C)C)[C@@H]21. The Labute approximate surface area is 162 Å². The van der Waals surface area contributed by atoms with Crippen LogP contribution in [-0.2, 0) is 32.2 Å². The minimum absolute atomic E-state index is 0.0476. The molecule has 7 heteroatoms. The average Bonchev–Trinajstić information content (AvgIpc) is 3.20. The topological polar surface area (TPSA) is 71.0 Å². The molecule has 0 aliphatic heterocycles. The zero-order chi connectivity index (χ0) is 19.8. The van der Waals surface area contributed by atoms with Crippen LogP contribution in [0.15, 0.2) is 28.7 Å². The summed E-state index contributed by atoms with van der Waals surface area (Å²) in [6, 6.07) is 6.14. The number of carbonyl (C=O) groups is 1. The molecule has 0 spiro atoms. The first-order valence-corrected chi connectivity index (χ1v) is 10.4. The molecule has 1 unspecified atom stereocenters. The van der Waals surface area contributed by atoms with Gasteiger partial charge in [-0.2, -0.15) is 0 Å². The number of carbonyl (C=O) groups excluding carboxylic acids is 1. The van der Waals surface area contributed by atoms with Crippen LogP contribution in [0.4, 0.5) is 4.39 Å². The molecule has 0 aromatic heterocycles. The number of ether oxygens (including phenoxy) is 2. The summed E-state index contributed by atoms with van der Waals surface area (Å²) >= 11 is -1.42. The smallest absolute Gasteiger partial charge is 0.309 e. The maximum atomic E-state index is 13.0. The molecule has 148 valence electrons. The highest BCUT2D eigenvalue weighted by Crippen LogP contribution is 2.57. The zero-order valence-corrected chi connectivity index (χ0v) is 16.9. The molecular formula is C20H26FNO4S. The van der Waals surface area contributed by atoms with E-state index in [0.717, 1.165) is 5.56 Å². The molecule has 2 fully saturated rings. The number of benzene rings is 1. The summed E-state index contributed by atoms with van der Waals surface area (Å²) < 4.78 is 40.7. The molecule has 1 aromatic rings. The highest BCUT2D eigenvalue weighted by atomic mass is 32.2. The Bertz CT molecular complexity index is 716. The highest BCUT2D eigenvalue weighted by molar-refractivity contribution is 7.91. The summed E-state index contributed by atoms with van der Waals surface area (Å²) in [6.07, 6.45) is 0.386. The Morgan fingerprint density at radius 3 is 2.59 bits per heavy atom. The molecule has 0 heterocycles. The van der Waals surface area contributed by atoms with Gasteiger partial charge in [0.25, 0.3) is 0 Å². The Kier molecular flexibility index (Phi) is 5.93. The van der Waals surface area contributed by atoms with Crippen molar-refractivity contribution in [2.24, 2.45) is 22.2 Å². The van der Waals surface area contributed by atoms with Crippen LogP contribution in [0.1, 0.15) is 39.7 Å². The quantitative estimate of drug-likeness (QED) is 0.546. The van der Waals surface area contributed by atoms with Gasteiger partial charge in [0.2, 0.25) is 0 Å². The van der Waals surface area contributed by atoms with Gasteiger partial charge in [-0.25, -0.2) is 4.39 Å². The van der Waals surface area contributed by atoms with Crippen LogP contribution in [0.2, 0.25) is 0 Å². The van der Waals surface area contributed by atoms with Crippen LogP contribution in [-0.4, -0.2) is 33.7 Å². The summed E-state index contributed by atoms with van der Waals surface area (Å²) in [5, 5.41) is 0. The van der Waals surface area contributed by atoms with E-state index in [4.69, 9.17) is 9.47 Å². The fraction of sp³-hybridized carbons (Fsp3) is 0.600. The molecule has 0 saturated heterocycles. The van der Waals surface area contributed by atoms with Gasteiger partial charge in [0, 0.05) is 5.92 Å². The van der Waals surface area contributed by atoms with Crippen LogP contribution < -0.4 is 0 Å². The number of halogens is 1. The monoisotopic (exact) mass is 395 g/mol. The van der Waals surface area contributed by atoms with Crippen molar-refractivity contribution in [3.05, 3.63) is 35.6 Å². The van der Waals surface area contributed by atoms with Crippen LogP contribution in [0.25, 0.3) is 0 Å². The predicted molar refractivity (Wildman–Crippen MR) is 102 cm³/mol. The van der Waals surface area contributed by atoms with Crippen molar-refractivity contribution in [2.75, 3.05) is 6.61 Å². The van der Waals surface area contributed by atoms with E-state index in [0.29, 0.717) is 25.3 Å². The lowest BCUT2D eigenvalue weighted by atomic mass is 10.1. The third-order valence-electron chi connectivity index (χ3n) is 4.96. The molecule has 0 bridgehead atoms. The molecule has 2 aliphatic carbocycles. The van der Waals surface area contributed by atoms with Gasteiger partial charge in [0.15, 0.2) is 0 Å². The second kappa shape index (κ2) is 7.89. The molecular weight excluding hydrogens is 369 g/mol. The van der Waals surface area contributed by atoms with Crippen molar-refractivity contribution in [2.45, 2.75) is 51.6 Å². The number of nitrogens with zero attached hydrogens (tertiary/aromatic N) is 1. The summed E-state index contributed by atoms with van der Waals surface area (Å²) in [5.41, 5.74) is 1.56. The first-order valence-electron chi connectivity index (χ1n) is 9.25. The zero-order valence-electron chi connectivity index (χ0n) is 16.1. The summed E-state index contributed by atoms with van der Waals surface area (Å²) in [7, 11) is 0. The first kappa shape index (κ1) is 20.3. The molecule has 2 aliphatic rings. The van der Waals surface area contributed by atoms with Gasteiger partial charge in [0.05, 0.1) is 19.1 Å². The third kappa shape index (κ3) is 4.52. The van der Waals surface area contributed by atoms with Crippen molar-refractivity contribution >= 4 is 23.0 Å². The number of fused-ring (bicyclic) bond motifs is 1. The molecule has 1 aromatic carbocycles. The maximum Gasteiger partial charge on any atom is 0.309 e. The Hall–Kier alpha value is -1.44. The fourth-order valence-electron chi connectivity index (χ4n) is 3.50. The highest BCUT2D eigenvalue weighted by Gasteiger charge is 2.65. The molecule has 5 nitrogen and oxygen atoms in total. The van der Waals surface area contributed by atoms with Crippen LogP contribution in [0.3, 0.4) is 0 Å². The largest absolute Gasteiger partial charge is 0.591 e. The lowest BCUT2D eigenvalue weighted by Gasteiger charge is -2.22. The van der Waals surface area contributed by atoms with E-state index in [2.05, 4.69) is 4.40 Å². The van der Waals surface area contributed by atoms with Crippen LogP contribution in [0, 0.1) is 23.6 Å². The summed E-state index contributed by atoms with van der Waals surface area (Å²) in [6.45, 7) is 8.04. The molecule has 0 N–H and O–H groups in total. The van der Waals surface area contributed by atoms with Gasteiger partial charge >= 0.3 is 5.97 Å². The van der Waals surface area contributed by atoms with Gasteiger partial charge < -0.3 is 14.0 Å². The van der Waals surface area contributed by atoms with Crippen molar-refractivity contribution in [3.8, 4) is 0 Å². The van der Waals surface area contributed by atoms with E-state index in [1.165, 1.54) is 12.1 Å². The van der Waals surface area contributed by atoms with Gasteiger partial charge in [-0.15, -0.1) is 0 Å². The molecule has 27 heavy (non-hydrogen) atoms. The first-order chi connectivity index (χ1) is 12.7. The number of hydrogen-bond donors (Lipinski definition) is 0. The van der Waals surface area contributed by atoms with Gasteiger partial charge in [-0.05, 0) is 57.7 Å². The lowest BCUT2D eigenvalue weighted by Crippen LogP contribution is -2.31. The number of rotatable bonds is 6. The van der Waals surface area contributed by atoms with Crippen molar-refractivity contribution in [1.82, 2.24) is 0 Å². The molecule has 0 radical (unpaired) electrons. The molecule has 3 rings (SSSR count). The van der Waals surface area contributed by atoms with Crippen molar-refractivity contribution in [3.63, 3.8) is 0 Å². The minimum atomic E-state index is -1.42. The normalized spacial score (nSPS) is 29.5. The van der Waals surface area contributed by atoms with E-state index in [-0.39, 0.29) is 35.6 Å². The molecule has 0 amide bonds. The minimum Gasteiger partial charge on any atom is -0.591 e. The van der Waals surface area contributed by atoms with E-state index >= 15 is 0 Å². The second-order valence-electron chi connectivity index (χ2n) is 8.01. The van der Waals surface area contributed by atoms with E-state index < -0.39 is 16.1 Å². The van der Waals surface area contributed by atoms with Crippen LogP contribution >= 0.6 is 0 Å². The van der Waals surface area contributed by atoms with Gasteiger partial charge in [0.1, 0.15) is 33.7 Å². The maximum absolute atomic E-state index is 13.0. The summed E-state index contributed by atoms with van der Waals surface area (Å²) in [5.74, 6) is -0.613. The number of esters is 1. The van der Waals surface area contributed by atoms with Crippen molar-refractivity contribution in [1.29, 1.82) is 0 Å². The average molecular weight is 395 g/mol. The van der Waals surface area contributed by atoms with Gasteiger partial charge in [-0.3, -0.25) is 4.79 Å². The Morgan fingerprint density at radius 1 is 1.33 bits per heavy atom. The van der Waals surface area contributed by atoms with E-state index in [1.807, 2.05) is 20.8 Å². The van der Waals surface area contributed by atoms with E-state index in [1.54, 1.807) is 19.1 Å². The second-order valence-corrected chi connectivity index (χ2v) is 9.91.